The lowest BCUT2D eigenvalue weighted by Gasteiger charge is -2.44. The van der Waals surface area contributed by atoms with Gasteiger partial charge in [0, 0.05) is 11.7 Å². The zero-order valence-electron chi connectivity index (χ0n) is 13.0. The second-order valence-corrected chi connectivity index (χ2v) is 8.51. The first-order chi connectivity index (χ1) is 10.5. The number of hydrogen-bond acceptors (Lipinski definition) is 7. The third-order valence-electron chi connectivity index (χ3n) is 3.46. The summed E-state index contributed by atoms with van der Waals surface area (Å²) in [7, 11) is 0. The highest BCUT2D eigenvalue weighted by atomic mass is 79.9. The Kier molecular flexibility index (Phi) is 4.87. The molecule has 7 nitrogen and oxygen atoms in total. The van der Waals surface area contributed by atoms with Crippen molar-refractivity contribution in [1.29, 1.82) is 0 Å². The van der Waals surface area contributed by atoms with E-state index in [0.717, 1.165) is 16.7 Å². The molecule has 2 rings (SSSR count). The second kappa shape index (κ2) is 6.12. The van der Waals surface area contributed by atoms with E-state index in [0.29, 0.717) is 0 Å². The number of β-lactam (4-membered cyclic amide) rings is 1. The zero-order valence-corrected chi connectivity index (χ0v) is 15.4. The summed E-state index contributed by atoms with van der Waals surface area (Å²) in [5.74, 6) is -1.58. The number of thioether (sulfide) groups is 1. The number of carbonyl (C=O) groups is 3. The van der Waals surface area contributed by atoms with E-state index in [1.54, 1.807) is 20.8 Å². The molecular weight excluding hydrogens is 397 g/mol. The molecule has 0 bridgehead atoms. The Balaban J connectivity index is 2.04. The lowest BCUT2D eigenvalue weighted by Crippen LogP contribution is -2.69. The predicted molar refractivity (Wildman–Crippen MR) is 82.5 cm³/mol. The van der Waals surface area contributed by atoms with Crippen LogP contribution in [0.4, 0.5) is 9.18 Å². The molecule has 2 fully saturated rings. The fourth-order valence-corrected chi connectivity index (χ4v) is 4.70. The summed E-state index contributed by atoms with van der Waals surface area (Å²) in [6.07, 6.45) is -2.15. The number of amides is 1. The molecule has 0 N–H and O–H groups in total. The fraction of sp³-hybridized carbons (Fsp3) is 0.769. The van der Waals surface area contributed by atoms with E-state index in [1.165, 1.54) is 6.92 Å². The molecule has 0 saturated carbocycles. The van der Waals surface area contributed by atoms with Gasteiger partial charge in [0.1, 0.15) is 11.4 Å². The molecule has 4 atom stereocenters. The van der Waals surface area contributed by atoms with Crippen LogP contribution >= 0.6 is 27.7 Å². The average Bonchev–Trinajstić information content (AvgIpc) is 2.68. The standard InChI is InChI=1S/C13H17BrFNO6S/c1-5-20-11(19)22-6(2)21-8(17)7-12(3,4)23-10-13(14,15)9(18)16(7)10/h6-7,10H,5H2,1-4H3/t6?,7-,10+,13?/m0/s1. The minimum absolute atomic E-state index is 0.125. The number of alkyl halides is 2. The third-order valence-corrected chi connectivity index (χ3v) is 6.15. The molecule has 130 valence electrons. The molecule has 0 radical (unpaired) electrons. The van der Waals surface area contributed by atoms with E-state index >= 15 is 0 Å². The minimum atomic E-state index is -2.17. The van der Waals surface area contributed by atoms with Gasteiger partial charge in [-0.3, -0.25) is 4.79 Å². The van der Waals surface area contributed by atoms with E-state index in [9.17, 15) is 18.8 Å². The van der Waals surface area contributed by atoms with Crippen LogP contribution in [0.15, 0.2) is 0 Å². The number of rotatable bonds is 4. The molecule has 23 heavy (non-hydrogen) atoms. The summed E-state index contributed by atoms with van der Waals surface area (Å²) in [5.41, 5.74) is 0. The van der Waals surface area contributed by atoms with E-state index in [1.807, 2.05) is 0 Å². The molecule has 2 heterocycles. The minimum Gasteiger partial charge on any atom is -0.435 e. The Morgan fingerprint density at radius 1 is 1.43 bits per heavy atom. The summed E-state index contributed by atoms with van der Waals surface area (Å²) in [4.78, 5) is 36.6. The Bertz CT molecular complexity index is 543. The fourth-order valence-electron chi connectivity index (χ4n) is 2.50. The molecule has 0 aromatic carbocycles. The van der Waals surface area contributed by atoms with Gasteiger partial charge in [0.2, 0.25) is 6.29 Å². The SMILES string of the molecule is CCOC(=O)OC(C)OC(=O)[C@@H]1N2C(=O)C(F)(Br)[C@H]2SC1(C)C. The van der Waals surface area contributed by atoms with Crippen LogP contribution in [0.25, 0.3) is 0 Å². The van der Waals surface area contributed by atoms with Gasteiger partial charge in [0.15, 0.2) is 0 Å². The first kappa shape index (κ1) is 18.3. The number of ether oxygens (including phenoxy) is 3. The molecular formula is C13H17BrFNO6S. The van der Waals surface area contributed by atoms with Crippen LogP contribution in [-0.4, -0.2) is 56.6 Å². The Morgan fingerprint density at radius 2 is 2.04 bits per heavy atom. The quantitative estimate of drug-likeness (QED) is 0.302. The number of halogens is 2. The van der Waals surface area contributed by atoms with Crippen molar-refractivity contribution in [3.63, 3.8) is 0 Å². The van der Waals surface area contributed by atoms with E-state index in [4.69, 9.17) is 9.47 Å². The van der Waals surface area contributed by atoms with Crippen molar-refractivity contribution in [3.05, 3.63) is 0 Å². The van der Waals surface area contributed by atoms with Gasteiger partial charge in [-0.1, -0.05) is 0 Å². The molecule has 2 aliphatic rings. The predicted octanol–water partition coefficient (Wildman–Crippen LogP) is 2.17. The maximum atomic E-state index is 14.1. The number of fused-ring (bicyclic) bond motifs is 1. The average molecular weight is 414 g/mol. The van der Waals surface area contributed by atoms with E-state index < -0.39 is 45.1 Å². The summed E-state index contributed by atoms with van der Waals surface area (Å²) >= 11 is 3.91. The van der Waals surface area contributed by atoms with Crippen LogP contribution < -0.4 is 0 Å². The summed E-state index contributed by atoms with van der Waals surface area (Å²) in [6, 6.07) is -0.973. The van der Waals surface area contributed by atoms with Crippen LogP contribution in [0.2, 0.25) is 0 Å². The molecule has 0 aromatic heterocycles. The number of hydrogen-bond donors (Lipinski definition) is 0. The van der Waals surface area contributed by atoms with Crippen LogP contribution in [0, 0.1) is 0 Å². The summed E-state index contributed by atoms with van der Waals surface area (Å²) in [6.45, 7) is 6.52. The third kappa shape index (κ3) is 3.15. The van der Waals surface area contributed by atoms with Crippen LogP contribution in [0.3, 0.4) is 0 Å². The highest BCUT2D eigenvalue weighted by Gasteiger charge is 2.72. The van der Waals surface area contributed by atoms with Gasteiger partial charge in [-0.15, -0.1) is 11.8 Å². The summed E-state index contributed by atoms with van der Waals surface area (Å²) in [5, 5.41) is -0.802. The summed E-state index contributed by atoms with van der Waals surface area (Å²) < 4.78 is 25.6. The smallest absolute Gasteiger partial charge is 0.435 e. The topological polar surface area (TPSA) is 82.1 Å². The molecule has 2 unspecified atom stereocenters. The highest BCUT2D eigenvalue weighted by molar-refractivity contribution is 9.10. The van der Waals surface area contributed by atoms with Gasteiger partial charge >= 0.3 is 12.1 Å². The Hall–Kier alpha value is -1.03. The number of nitrogens with zero attached hydrogens (tertiary/aromatic N) is 1. The van der Waals surface area contributed by atoms with Gasteiger partial charge in [-0.05, 0) is 36.7 Å². The van der Waals surface area contributed by atoms with Crippen LogP contribution in [-0.2, 0) is 23.8 Å². The number of carbonyl (C=O) groups excluding carboxylic acids is 3. The van der Waals surface area contributed by atoms with Gasteiger partial charge in [-0.25, -0.2) is 14.0 Å². The molecule has 2 aliphatic heterocycles. The van der Waals surface area contributed by atoms with Crippen molar-refractivity contribution < 1.29 is 33.0 Å². The van der Waals surface area contributed by atoms with Crippen molar-refractivity contribution in [3.8, 4) is 0 Å². The van der Waals surface area contributed by atoms with Gasteiger partial charge in [0.05, 0.1) is 6.61 Å². The lowest BCUT2D eigenvalue weighted by molar-refractivity contribution is -0.183. The highest BCUT2D eigenvalue weighted by Crippen LogP contribution is 2.58. The first-order valence-electron chi connectivity index (χ1n) is 6.94. The Labute approximate surface area is 145 Å². The maximum Gasteiger partial charge on any atom is 0.511 e. The van der Waals surface area contributed by atoms with Crippen molar-refractivity contribution >= 4 is 45.7 Å². The lowest BCUT2D eigenvalue weighted by atomic mass is 9.97. The molecule has 0 spiro atoms. The van der Waals surface area contributed by atoms with Crippen LogP contribution in [0.5, 0.6) is 0 Å². The Morgan fingerprint density at radius 3 is 2.61 bits per heavy atom. The van der Waals surface area contributed by atoms with Crippen molar-refractivity contribution in [2.45, 2.75) is 54.7 Å². The normalized spacial score (nSPS) is 32.6. The van der Waals surface area contributed by atoms with Gasteiger partial charge in [-0.2, -0.15) is 0 Å². The molecule has 0 aromatic rings. The van der Waals surface area contributed by atoms with Crippen molar-refractivity contribution in [1.82, 2.24) is 4.90 Å². The van der Waals surface area contributed by atoms with Crippen molar-refractivity contribution in [2.24, 2.45) is 0 Å². The monoisotopic (exact) mass is 413 g/mol. The van der Waals surface area contributed by atoms with Crippen LogP contribution in [0.1, 0.15) is 27.7 Å². The second-order valence-electron chi connectivity index (χ2n) is 5.62. The van der Waals surface area contributed by atoms with Gasteiger partial charge < -0.3 is 19.1 Å². The first-order valence-corrected chi connectivity index (χ1v) is 8.62. The number of esters is 1. The largest absolute Gasteiger partial charge is 0.511 e. The molecule has 0 aliphatic carbocycles. The van der Waals surface area contributed by atoms with E-state index in [2.05, 4.69) is 20.7 Å². The molecule has 10 heteroatoms. The maximum absolute atomic E-state index is 14.1. The molecule has 1 amide bonds. The zero-order chi connectivity index (χ0) is 17.6. The van der Waals surface area contributed by atoms with Crippen molar-refractivity contribution in [2.75, 3.05) is 6.61 Å². The molecule has 2 saturated heterocycles. The van der Waals surface area contributed by atoms with Gasteiger partial charge in [0.25, 0.3) is 10.5 Å². The van der Waals surface area contributed by atoms with E-state index in [-0.39, 0.29) is 6.61 Å².